The lowest BCUT2D eigenvalue weighted by Gasteiger charge is -2.40. The van der Waals surface area contributed by atoms with Crippen molar-refractivity contribution in [3.05, 3.63) is 35.4 Å². The molecule has 3 rings (SSSR count). The Morgan fingerprint density at radius 3 is 2.36 bits per heavy atom. The predicted molar refractivity (Wildman–Crippen MR) is 111 cm³/mol. The maximum Gasteiger partial charge on any atom is 0.416 e. The minimum absolute atomic E-state index is 0.0862. The third-order valence-corrected chi connectivity index (χ3v) is 6.47. The van der Waals surface area contributed by atoms with Crippen LogP contribution in [0, 0.1) is 11.3 Å². The standard InChI is InChI=1S/C23H27F3N2O5/c1-21(2,3)15-7-9-22(10-8-15)19(31)28(20(32)27-22)12-18(30)33-13-17(29)14-5-4-6-16(11-14)23(24,25)26/h4-6,11,15H,7-10,12-13H2,1-3H3,(H,27,32). The molecule has 1 spiro atoms. The van der Waals surface area contributed by atoms with Crippen molar-refractivity contribution in [2.24, 2.45) is 11.3 Å². The first-order valence-corrected chi connectivity index (χ1v) is 10.7. The Morgan fingerprint density at radius 1 is 1.15 bits per heavy atom. The molecular formula is C23H27F3N2O5. The summed E-state index contributed by atoms with van der Waals surface area (Å²) in [6, 6.07) is 3.06. The van der Waals surface area contributed by atoms with E-state index in [-0.39, 0.29) is 11.0 Å². The van der Waals surface area contributed by atoms with Crippen LogP contribution < -0.4 is 5.32 Å². The average Bonchev–Trinajstić information content (AvgIpc) is 2.95. The van der Waals surface area contributed by atoms with Crippen LogP contribution in [-0.2, 0) is 20.5 Å². The van der Waals surface area contributed by atoms with Crippen LogP contribution in [0.2, 0.25) is 0 Å². The molecule has 3 amide bonds. The number of carbonyl (C=O) groups is 4. The SMILES string of the molecule is CC(C)(C)C1CCC2(CC1)NC(=O)N(CC(=O)OCC(=O)c1cccc(C(F)(F)F)c1)C2=O. The molecule has 33 heavy (non-hydrogen) atoms. The molecule has 1 aromatic carbocycles. The van der Waals surface area contributed by atoms with Gasteiger partial charge >= 0.3 is 18.2 Å². The number of urea groups is 1. The van der Waals surface area contributed by atoms with Crippen molar-refractivity contribution < 1.29 is 37.1 Å². The predicted octanol–water partition coefficient (Wildman–Crippen LogP) is 3.96. The van der Waals surface area contributed by atoms with Crippen LogP contribution in [0.4, 0.5) is 18.0 Å². The van der Waals surface area contributed by atoms with Crippen molar-refractivity contribution in [1.29, 1.82) is 0 Å². The van der Waals surface area contributed by atoms with Gasteiger partial charge in [0.05, 0.1) is 5.56 Å². The Bertz CT molecular complexity index is 960. The number of imide groups is 1. The van der Waals surface area contributed by atoms with E-state index in [0.717, 1.165) is 29.9 Å². The van der Waals surface area contributed by atoms with E-state index in [0.29, 0.717) is 24.8 Å². The first-order chi connectivity index (χ1) is 15.2. The highest BCUT2D eigenvalue weighted by Gasteiger charge is 2.53. The highest BCUT2D eigenvalue weighted by Crippen LogP contribution is 2.43. The van der Waals surface area contributed by atoms with Crippen molar-refractivity contribution >= 4 is 23.7 Å². The maximum absolute atomic E-state index is 12.9. The number of Topliss-reactive ketones (excluding diaryl/α,β-unsaturated/α-hetero) is 1. The first-order valence-electron chi connectivity index (χ1n) is 10.7. The third kappa shape index (κ3) is 5.36. The van der Waals surface area contributed by atoms with Gasteiger partial charge in [-0.3, -0.25) is 19.3 Å². The molecule has 2 fully saturated rings. The highest BCUT2D eigenvalue weighted by molar-refractivity contribution is 6.09. The average molecular weight is 468 g/mol. The number of alkyl halides is 3. The molecule has 2 aliphatic rings. The van der Waals surface area contributed by atoms with Crippen molar-refractivity contribution in [2.75, 3.05) is 13.2 Å². The van der Waals surface area contributed by atoms with Gasteiger partial charge in [-0.2, -0.15) is 13.2 Å². The molecule has 1 aromatic rings. The molecule has 180 valence electrons. The Kier molecular flexibility index (Phi) is 6.59. The van der Waals surface area contributed by atoms with Gasteiger partial charge in [0.15, 0.2) is 12.4 Å². The maximum atomic E-state index is 12.9. The Morgan fingerprint density at radius 2 is 1.79 bits per heavy atom. The van der Waals surface area contributed by atoms with E-state index >= 15 is 0 Å². The summed E-state index contributed by atoms with van der Waals surface area (Å²) in [5, 5.41) is 2.71. The fraction of sp³-hybridized carbons (Fsp3) is 0.565. The fourth-order valence-corrected chi connectivity index (χ4v) is 4.41. The van der Waals surface area contributed by atoms with Crippen LogP contribution in [0.15, 0.2) is 24.3 Å². The number of hydrogen-bond donors (Lipinski definition) is 1. The second kappa shape index (κ2) is 8.79. The van der Waals surface area contributed by atoms with Gasteiger partial charge in [-0.1, -0.05) is 32.9 Å². The number of halogens is 3. The Hall–Kier alpha value is -2.91. The zero-order valence-electron chi connectivity index (χ0n) is 18.8. The molecule has 1 aliphatic heterocycles. The van der Waals surface area contributed by atoms with Crippen LogP contribution in [0.25, 0.3) is 0 Å². The highest BCUT2D eigenvalue weighted by atomic mass is 19.4. The van der Waals surface area contributed by atoms with Gasteiger partial charge in [-0.25, -0.2) is 4.79 Å². The Labute approximate surface area is 189 Å². The summed E-state index contributed by atoms with van der Waals surface area (Å²) < 4.78 is 43.3. The van der Waals surface area contributed by atoms with Crippen LogP contribution in [0.1, 0.15) is 62.4 Å². The summed E-state index contributed by atoms with van der Waals surface area (Å²) in [6.07, 6.45) is -2.14. The summed E-state index contributed by atoms with van der Waals surface area (Å²) in [4.78, 5) is 50.4. The topological polar surface area (TPSA) is 92.8 Å². The summed E-state index contributed by atoms with van der Waals surface area (Å²) in [7, 11) is 0. The number of rotatable bonds is 5. The molecule has 1 saturated carbocycles. The van der Waals surface area contributed by atoms with Crippen molar-refractivity contribution in [3.63, 3.8) is 0 Å². The molecule has 7 nitrogen and oxygen atoms in total. The molecule has 0 bridgehead atoms. The quantitative estimate of drug-likeness (QED) is 0.401. The molecule has 1 heterocycles. The van der Waals surface area contributed by atoms with Gasteiger partial charge in [-0.15, -0.1) is 0 Å². The summed E-state index contributed by atoms with van der Waals surface area (Å²) >= 11 is 0. The fourth-order valence-electron chi connectivity index (χ4n) is 4.41. The summed E-state index contributed by atoms with van der Waals surface area (Å²) in [5.74, 6) is -1.92. The van der Waals surface area contributed by atoms with E-state index in [1.165, 1.54) is 6.07 Å². The number of ether oxygens (including phenoxy) is 1. The normalized spacial score (nSPS) is 23.6. The van der Waals surface area contributed by atoms with Gasteiger partial charge in [0.2, 0.25) is 0 Å². The van der Waals surface area contributed by atoms with E-state index in [1.807, 2.05) is 0 Å². The molecule has 1 saturated heterocycles. The second-order valence-corrected chi connectivity index (χ2v) is 9.71. The largest absolute Gasteiger partial charge is 0.456 e. The zero-order valence-corrected chi connectivity index (χ0v) is 18.8. The lowest BCUT2D eigenvalue weighted by molar-refractivity contribution is -0.147. The number of nitrogens with one attached hydrogen (secondary N) is 1. The number of esters is 1. The Balaban J connectivity index is 1.56. The van der Waals surface area contributed by atoms with Crippen molar-refractivity contribution in [3.8, 4) is 0 Å². The van der Waals surface area contributed by atoms with Crippen molar-refractivity contribution in [1.82, 2.24) is 10.2 Å². The smallest absolute Gasteiger partial charge is 0.416 e. The molecule has 0 aromatic heterocycles. The molecule has 1 aliphatic carbocycles. The third-order valence-electron chi connectivity index (χ3n) is 6.47. The van der Waals surface area contributed by atoms with Crippen LogP contribution in [0.3, 0.4) is 0 Å². The van der Waals surface area contributed by atoms with E-state index in [2.05, 4.69) is 26.1 Å². The lowest BCUT2D eigenvalue weighted by Crippen LogP contribution is -2.50. The number of nitrogens with zero attached hydrogens (tertiary/aromatic N) is 1. The number of ketones is 1. The monoisotopic (exact) mass is 468 g/mol. The van der Waals surface area contributed by atoms with Gasteiger partial charge in [0.25, 0.3) is 5.91 Å². The minimum atomic E-state index is -4.61. The van der Waals surface area contributed by atoms with Gasteiger partial charge < -0.3 is 10.1 Å². The number of amides is 3. The van der Waals surface area contributed by atoms with E-state index in [9.17, 15) is 32.3 Å². The van der Waals surface area contributed by atoms with Crippen LogP contribution in [-0.4, -0.2) is 47.3 Å². The van der Waals surface area contributed by atoms with Crippen LogP contribution >= 0.6 is 0 Å². The first kappa shape index (κ1) is 24.7. The minimum Gasteiger partial charge on any atom is -0.456 e. The number of carbonyl (C=O) groups excluding carboxylic acids is 4. The lowest BCUT2D eigenvalue weighted by atomic mass is 9.67. The molecular weight excluding hydrogens is 441 g/mol. The molecule has 10 heteroatoms. The van der Waals surface area contributed by atoms with E-state index in [1.54, 1.807) is 0 Å². The number of benzene rings is 1. The molecule has 1 N–H and O–H groups in total. The molecule has 0 atom stereocenters. The second-order valence-electron chi connectivity index (χ2n) is 9.71. The van der Waals surface area contributed by atoms with Gasteiger partial charge in [-0.05, 0) is 49.1 Å². The van der Waals surface area contributed by atoms with Gasteiger partial charge in [0.1, 0.15) is 12.1 Å². The zero-order chi connectivity index (χ0) is 24.6. The molecule has 0 radical (unpaired) electrons. The summed E-state index contributed by atoms with van der Waals surface area (Å²) in [6.45, 7) is 4.92. The summed E-state index contributed by atoms with van der Waals surface area (Å²) in [5.41, 5.74) is -2.21. The molecule has 0 unspecified atom stereocenters. The van der Waals surface area contributed by atoms with E-state index in [4.69, 9.17) is 4.74 Å². The van der Waals surface area contributed by atoms with Crippen molar-refractivity contribution in [2.45, 2.75) is 58.2 Å². The van der Waals surface area contributed by atoms with Crippen LogP contribution in [0.5, 0.6) is 0 Å². The number of hydrogen-bond acceptors (Lipinski definition) is 5. The van der Waals surface area contributed by atoms with E-state index < -0.39 is 54.1 Å². The van der Waals surface area contributed by atoms with Gasteiger partial charge in [0, 0.05) is 5.56 Å².